The van der Waals surface area contributed by atoms with Crippen LogP contribution < -0.4 is 9.80 Å². The maximum atomic E-state index is 13.2. The van der Waals surface area contributed by atoms with Crippen LogP contribution in [0, 0.1) is 6.57 Å². The summed E-state index contributed by atoms with van der Waals surface area (Å²) in [6.07, 6.45) is -0.176. The number of amides is 2. The smallest absolute Gasteiger partial charge is 0.307 e. The highest BCUT2D eigenvalue weighted by Crippen LogP contribution is 2.28. The van der Waals surface area contributed by atoms with E-state index >= 15 is 0 Å². The van der Waals surface area contributed by atoms with Crippen molar-refractivity contribution in [1.29, 1.82) is 0 Å². The molecule has 1 N–H and O–H groups in total. The first-order valence-electron chi connectivity index (χ1n) is 9.37. The van der Waals surface area contributed by atoms with Crippen LogP contribution >= 0.6 is 0 Å². The van der Waals surface area contributed by atoms with Crippen LogP contribution in [0.2, 0.25) is 0 Å². The molecule has 3 rings (SSSR count). The number of hydrogen-bond acceptors (Lipinski definition) is 5. The molecule has 8 nitrogen and oxygen atoms in total. The Kier molecular flexibility index (Phi) is 5.97. The number of carboxylic acid groups (broad SMARTS) is 1. The summed E-state index contributed by atoms with van der Waals surface area (Å²) >= 11 is 0. The summed E-state index contributed by atoms with van der Waals surface area (Å²) in [5.41, 5.74) is 2.31. The molecular formula is C23H20N4O4. The van der Waals surface area contributed by atoms with Crippen molar-refractivity contribution in [3.05, 3.63) is 76.8 Å². The Morgan fingerprint density at radius 2 is 1.68 bits per heavy atom. The summed E-state index contributed by atoms with van der Waals surface area (Å²) in [4.78, 5) is 47.5. The molecule has 0 spiro atoms. The third-order valence-corrected chi connectivity index (χ3v) is 4.79. The van der Waals surface area contributed by atoms with Crippen LogP contribution in [0.3, 0.4) is 0 Å². The van der Waals surface area contributed by atoms with Crippen LogP contribution in [0.15, 0.2) is 64.8 Å². The Bertz CT molecular complexity index is 1150. The molecule has 2 aromatic rings. The maximum absolute atomic E-state index is 13.2. The largest absolute Gasteiger partial charge is 0.481 e. The van der Waals surface area contributed by atoms with Gasteiger partial charge in [0.25, 0.3) is 17.5 Å². The van der Waals surface area contributed by atoms with Gasteiger partial charge in [0.05, 0.1) is 24.4 Å². The van der Waals surface area contributed by atoms with Gasteiger partial charge in [-0.2, -0.15) is 0 Å². The van der Waals surface area contributed by atoms with E-state index in [1.807, 2.05) is 31.1 Å². The van der Waals surface area contributed by atoms with Crippen LogP contribution in [0.5, 0.6) is 0 Å². The number of carbonyl (C=O) groups excluding carboxylic acids is 2. The molecule has 0 radical (unpaired) electrons. The normalized spacial score (nSPS) is 15.3. The van der Waals surface area contributed by atoms with Gasteiger partial charge in [0, 0.05) is 19.8 Å². The van der Waals surface area contributed by atoms with Gasteiger partial charge < -0.3 is 10.0 Å². The van der Waals surface area contributed by atoms with E-state index in [0.717, 1.165) is 10.6 Å². The van der Waals surface area contributed by atoms with Crippen LogP contribution in [0.25, 0.3) is 4.85 Å². The number of anilines is 2. The number of hydrogen-bond donors (Lipinski definition) is 1. The fourth-order valence-electron chi connectivity index (χ4n) is 3.13. The van der Waals surface area contributed by atoms with Gasteiger partial charge in [0.15, 0.2) is 0 Å². The molecule has 1 aliphatic rings. The van der Waals surface area contributed by atoms with Crippen molar-refractivity contribution in [2.45, 2.75) is 13.3 Å². The molecule has 156 valence electrons. The number of benzene rings is 2. The van der Waals surface area contributed by atoms with E-state index in [-0.39, 0.29) is 29.1 Å². The number of aliphatic imine (C=N–C) groups is 1. The second-order valence-electron chi connectivity index (χ2n) is 7.14. The highest BCUT2D eigenvalue weighted by atomic mass is 16.4. The van der Waals surface area contributed by atoms with Crippen molar-refractivity contribution >= 4 is 40.6 Å². The second-order valence-corrected chi connectivity index (χ2v) is 7.14. The van der Waals surface area contributed by atoms with E-state index in [1.54, 1.807) is 12.1 Å². The first-order chi connectivity index (χ1) is 14.7. The lowest BCUT2D eigenvalue weighted by Gasteiger charge is -2.27. The van der Waals surface area contributed by atoms with Crippen molar-refractivity contribution in [2.75, 3.05) is 23.9 Å². The van der Waals surface area contributed by atoms with E-state index in [1.165, 1.54) is 31.2 Å². The van der Waals surface area contributed by atoms with Gasteiger partial charge in [-0.1, -0.05) is 12.1 Å². The minimum Gasteiger partial charge on any atom is -0.481 e. The minimum absolute atomic E-state index is 0.0119. The second kappa shape index (κ2) is 8.63. The molecule has 0 atom stereocenters. The molecule has 8 heteroatoms. The van der Waals surface area contributed by atoms with Crippen molar-refractivity contribution in [1.82, 2.24) is 0 Å². The zero-order valence-corrected chi connectivity index (χ0v) is 17.3. The average Bonchev–Trinajstić information content (AvgIpc) is 2.73. The first kappa shape index (κ1) is 21.5. The van der Waals surface area contributed by atoms with Crippen LogP contribution in [0.4, 0.5) is 17.1 Å². The molecule has 1 heterocycles. The van der Waals surface area contributed by atoms with E-state index in [4.69, 9.17) is 11.7 Å². The number of carbonyl (C=O) groups is 3. The van der Waals surface area contributed by atoms with Crippen molar-refractivity contribution < 1.29 is 19.5 Å². The summed E-state index contributed by atoms with van der Waals surface area (Å²) in [6, 6.07) is 13.2. The summed E-state index contributed by atoms with van der Waals surface area (Å²) in [5.74, 6) is -2.36. The lowest BCUT2D eigenvalue weighted by atomic mass is 10.0. The summed E-state index contributed by atoms with van der Waals surface area (Å²) in [5, 5.41) is 8.91. The predicted octanol–water partition coefficient (Wildman–Crippen LogP) is 3.22. The molecular weight excluding hydrogens is 396 g/mol. The van der Waals surface area contributed by atoms with E-state index in [2.05, 4.69) is 9.84 Å². The Hall–Kier alpha value is -4.25. The summed E-state index contributed by atoms with van der Waals surface area (Å²) < 4.78 is 0. The monoisotopic (exact) mass is 416 g/mol. The molecule has 1 aliphatic heterocycles. The van der Waals surface area contributed by atoms with Gasteiger partial charge in [0.2, 0.25) is 0 Å². The number of imide groups is 1. The topological polar surface area (TPSA) is 94.6 Å². The molecule has 0 aliphatic carbocycles. The predicted molar refractivity (Wildman–Crippen MR) is 117 cm³/mol. The van der Waals surface area contributed by atoms with Gasteiger partial charge in [-0.3, -0.25) is 19.3 Å². The number of nitrogens with zero attached hydrogens (tertiary/aromatic N) is 4. The van der Waals surface area contributed by atoms with Crippen molar-refractivity contribution in [3.8, 4) is 0 Å². The third kappa shape index (κ3) is 4.36. The third-order valence-electron chi connectivity index (χ3n) is 4.79. The van der Waals surface area contributed by atoms with E-state index in [9.17, 15) is 14.4 Å². The average molecular weight is 416 g/mol. The van der Waals surface area contributed by atoms with Gasteiger partial charge in [0.1, 0.15) is 5.71 Å². The molecule has 0 saturated heterocycles. The quantitative estimate of drug-likeness (QED) is 0.597. The fourth-order valence-corrected chi connectivity index (χ4v) is 3.13. The highest BCUT2D eigenvalue weighted by molar-refractivity contribution is 6.57. The van der Waals surface area contributed by atoms with E-state index in [0.29, 0.717) is 11.3 Å². The molecule has 0 bridgehead atoms. The number of aliphatic carboxylic acids is 1. The lowest BCUT2D eigenvalue weighted by Crippen LogP contribution is -2.46. The minimum atomic E-state index is -0.985. The molecule has 0 saturated carbocycles. The number of rotatable bonds is 5. The molecule has 0 fully saturated rings. The van der Waals surface area contributed by atoms with Crippen LogP contribution in [-0.4, -0.2) is 42.7 Å². The fraction of sp³-hybridized carbons (Fsp3) is 0.174. The van der Waals surface area contributed by atoms with Gasteiger partial charge in [-0.05, 0) is 54.5 Å². The van der Waals surface area contributed by atoms with Gasteiger partial charge in [-0.15, -0.1) is 0 Å². The van der Waals surface area contributed by atoms with Crippen LogP contribution in [-0.2, 0) is 20.8 Å². The first-order valence-corrected chi connectivity index (χ1v) is 9.37. The number of carboxylic acids is 1. The lowest BCUT2D eigenvalue weighted by molar-refractivity contribution is -0.136. The molecule has 2 amide bonds. The maximum Gasteiger partial charge on any atom is 0.307 e. The van der Waals surface area contributed by atoms with Crippen molar-refractivity contribution in [3.63, 3.8) is 0 Å². The zero-order chi connectivity index (χ0) is 22.7. The Balaban J connectivity index is 2.04. The summed E-state index contributed by atoms with van der Waals surface area (Å²) in [6.45, 7) is 8.95. The summed E-state index contributed by atoms with van der Waals surface area (Å²) in [7, 11) is 3.82. The molecule has 0 aromatic heterocycles. The van der Waals surface area contributed by atoms with Crippen LogP contribution in [0.1, 0.15) is 12.5 Å². The molecule has 0 unspecified atom stereocenters. The van der Waals surface area contributed by atoms with Crippen molar-refractivity contribution in [2.24, 2.45) is 4.99 Å². The van der Waals surface area contributed by atoms with Gasteiger partial charge in [-0.25, -0.2) is 9.84 Å². The Morgan fingerprint density at radius 3 is 2.19 bits per heavy atom. The zero-order valence-electron chi connectivity index (χ0n) is 17.3. The standard InChI is InChI=1S/C23H20N4O4/c1-14-20(24-2)22(30)27(18-9-5-15(6-10-18)13-19(28)29)23(31)21(14)25-16-7-11-17(12-8-16)26(3)4/h5-12H,13H2,1,3-4H3,(H,28,29). The highest BCUT2D eigenvalue weighted by Gasteiger charge is 2.38. The molecule has 31 heavy (non-hydrogen) atoms. The Labute approximate surface area is 179 Å². The van der Waals surface area contributed by atoms with E-state index < -0.39 is 17.8 Å². The Morgan fingerprint density at radius 1 is 1.06 bits per heavy atom. The molecule has 2 aromatic carbocycles. The SMILES string of the molecule is [C-]#[N+]C1=C(C)C(=Nc2ccc(N(C)C)cc2)C(=O)N(c2ccc(CC(=O)O)cc2)C1=O. The van der Waals surface area contributed by atoms with Gasteiger partial charge >= 0.3 is 5.97 Å².